The molecule has 7 nitrogen and oxygen atoms in total. The molecule has 1 N–H and O–H groups in total. The molecule has 26 heavy (non-hydrogen) atoms. The topological polar surface area (TPSA) is 85.6 Å². The van der Waals surface area contributed by atoms with Crippen LogP contribution in [0.5, 0.6) is 0 Å². The van der Waals surface area contributed by atoms with Crippen molar-refractivity contribution in [2.45, 2.75) is 18.6 Å². The molecule has 0 bridgehead atoms. The maximum atomic E-state index is 12.1. The van der Waals surface area contributed by atoms with Gasteiger partial charge in [0, 0.05) is 12.1 Å². The Morgan fingerprint density at radius 1 is 1.35 bits per heavy atom. The van der Waals surface area contributed by atoms with Crippen molar-refractivity contribution in [2.24, 2.45) is 0 Å². The lowest BCUT2D eigenvalue weighted by molar-refractivity contribution is -0.113. The number of thioether (sulfide) groups is 1. The van der Waals surface area contributed by atoms with E-state index in [4.69, 9.17) is 11.6 Å². The maximum absolute atomic E-state index is 12.1. The molecule has 1 amide bonds. The molecule has 0 aliphatic carbocycles. The summed E-state index contributed by atoms with van der Waals surface area (Å²) in [5.41, 5.74) is 0.782. The Labute approximate surface area is 163 Å². The zero-order valence-corrected chi connectivity index (χ0v) is 16.2. The minimum Gasteiger partial charge on any atom is -0.300 e. The van der Waals surface area contributed by atoms with Crippen molar-refractivity contribution < 1.29 is 4.79 Å². The summed E-state index contributed by atoms with van der Waals surface area (Å²) in [4.78, 5) is 12.1. The van der Waals surface area contributed by atoms with Gasteiger partial charge in [0.2, 0.25) is 11.0 Å². The monoisotopic (exact) mass is 406 g/mol. The van der Waals surface area contributed by atoms with E-state index in [9.17, 15) is 4.79 Å². The number of nitrogens with zero attached hydrogens (tertiary/aromatic N) is 5. The second-order valence-electron chi connectivity index (χ2n) is 5.15. The van der Waals surface area contributed by atoms with Crippen molar-refractivity contribution in [3.8, 4) is 11.4 Å². The highest BCUT2D eigenvalue weighted by molar-refractivity contribution is 7.99. The Kier molecular flexibility index (Phi) is 6.02. The van der Waals surface area contributed by atoms with Crippen LogP contribution in [0.25, 0.3) is 11.4 Å². The van der Waals surface area contributed by atoms with E-state index in [-0.39, 0.29) is 11.7 Å². The maximum Gasteiger partial charge on any atom is 0.236 e. The number of hydrogen-bond acceptors (Lipinski definition) is 7. The number of anilines is 1. The summed E-state index contributed by atoms with van der Waals surface area (Å²) in [7, 11) is 0. The number of allylic oxidation sites excluding steroid dienone is 1. The lowest BCUT2D eigenvalue weighted by Crippen LogP contribution is -2.14. The largest absolute Gasteiger partial charge is 0.300 e. The lowest BCUT2D eigenvalue weighted by atomic mass is 10.2. The van der Waals surface area contributed by atoms with E-state index < -0.39 is 0 Å². The van der Waals surface area contributed by atoms with Gasteiger partial charge in [0.05, 0.1) is 10.8 Å². The molecule has 0 unspecified atom stereocenters. The van der Waals surface area contributed by atoms with Gasteiger partial charge in [-0.1, -0.05) is 52.9 Å². The number of hydrogen-bond donors (Lipinski definition) is 1. The highest BCUT2D eigenvalue weighted by Crippen LogP contribution is 2.29. The highest BCUT2D eigenvalue weighted by atomic mass is 35.5. The predicted molar refractivity (Wildman–Crippen MR) is 105 cm³/mol. The molecular weight excluding hydrogens is 392 g/mol. The number of carbonyl (C=O) groups is 1. The van der Waals surface area contributed by atoms with Gasteiger partial charge < -0.3 is 0 Å². The van der Waals surface area contributed by atoms with Gasteiger partial charge in [-0.15, -0.1) is 27.0 Å². The molecule has 1 aromatic carbocycles. The summed E-state index contributed by atoms with van der Waals surface area (Å²) in [5, 5.41) is 21.4. The number of aryl methyl sites for hydroxylation is 1. The quantitative estimate of drug-likeness (QED) is 0.476. The van der Waals surface area contributed by atoms with Crippen molar-refractivity contribution in [3.05, 3.63) is 47.0 Å². The number of carbonyl (C=O) groups excluding carboxylic acids is 1. The minimum absolute atomic E-state index is 0.177. The van der Waals surface area contributed by atoms with Gasteiger partial charge in [-0.3, -0.25) is 14.7 Å². The number of aromatic nitrogens is 5. The predicted octanol–water partition coefficient (Wildman–Crippen LogP) is 3.68. The molecule has 0 radical (unpaired) electrons. The molecule has 10 heteroatoms. The second-order valence-corrected chi connectivity index (χ2v) is 7.68. The number of rotatable bonds is 7. The molecular formula is C16H15ClN6OS2. The van der Waals surface area contributed by atoms with E-state index in [1.807, 2.05) is 29.7 Å². The van der Waals surface area contributed by atoms with Crippen molar-refractivity contribution in [1.82, 2.24) is 25.0 Å². The average Bonchev–Trinajstić information content (AvgIpc) is 3.20. The fourth-order valence-electron chi connectivity index (χ4n) is 2.16. The SMILES string of the molecule is C=CCn1c(SCC(=O)Nc2nnc(C)s2)nnc1-c1ccccc1Cl. The molecule has 0 atom stereocenters. The summed E-state index contributed by atoms with van der Waals surface area (Å²) in [6, 6.07) is 7.42. The summed E-state index contributed by atoms with van der Waals surface area (Å²) < 4.78 is 1.88. The first-order valence-electron chi connectivity index (χ1n) is 7.60. The molecule has 0 spiro atoms. The first-order valence-corrected chi connectivity index (χ1v) is 9.78. The van der Waals surface area contributed by atoms with Crippen molar-refractivity contribution in [2.75, 3.05) is 11.1 Å². The molecule has 0 fully saturated rings. The van der Waals surface area contributed by atoms with Crippen LogP contribution in [0.15, 0.2) is 42.1 Å². The number of benzene rings is 1. The van der Waals surface area contributed by atoms with Gasteiger partial charge in [0.15, 0.2) is 11.0 Å². The third-order valence-corrected chi connectivity index (χ3v) is 5.30. The molecule has 0 saturated heterocycles. The van der Waals surface area contributed by atoms with E-state index in [0.29, 0.717) is 27.7 Å². The first-order chi connectivity index (χ1) is 12.6. The van der Waals surface area contributed by atoms with Crippen LogP contribution < -0.4 is 5.32 Å². The summed E-state index contributed by atoms with van der Waals surface area (Å²) in [6.45, 7) is 6.11. The van der Waals surface area contributed by atoms with Crippen LogP contribution >= 0.6 is 34.7 Å². The fourth-order valence-corrected chi connectivity index (χ4v) is 3.74. The molecule has 134 valence electrons. The van der Waals surface area contributed by atoms with Gasteiger partial charge in [-0.25, -0.2) is 0 Å². The third kappa shape index (κ3) is 4.29. The lowest BCUT2D eigenvalue weighted by Gasteiger charge is -2.08. The molecule has 3 aromatic rings. The van der Waals surface area contributed by atoms with Crippen LogP contribution in [0.4, 0.5) is 5.13 Å². The minimum atomic E-state index is -0.182. The van der Waals surface area contributed by atoms with Crippen LogP contribution in [0.2, 0.25) is 5.02 Å². The molecule has 2 heterocycles. The van der Waals surface area contributed by atoms with Crippen LogP contribution in [-0.4, -0.2) is 36.6 Å². The Bertz CT molecular complexity index is 938. The molecule has 0 aliphatic heterocycles. The number of halogens is 1. The Hall–Kier alpha value is -2.23. The molecule has 2 aromatic heterocycles. The molecule has 0 aliphatic rings. The van der Waals surface area contributed by atoms with Gasteiger partial charge in [-0.05, 0) is 19.1 Å². The fraction of sp³-hybridized carbons (Fsp3) is 0.188. The van der Waals surface area contributed by atoms with Gasteiger partial charge in [-0.2, -0.15) is 0 Å². The zero-order valence-electron chi connectivity index (χ0n) is 13.8. The molecule has 0 saturated carbocycles. The van der Waals surface area contributed by atoms with E-state index in [1.54, 1.807) is 12.1 Å². The summed E-state index contributed by atoms with van der Waals surface area (Å²) >= 11 is 8.88. The van der Waals surface area contributed by atoms with Gasteiger partial charge >= 0.3 is 0 Å². The number of amides is 1. The number of nitrogens with one attached hydrogen (secondary N) is 1. The van der Waals surface area contributed by atoms with Crippen LogP contribution in [0, 0.1) is 6.92 Å². The third-order valence-electron chi connectivity index (χ3n) is 3.25. The molecule has 3 rings (SSSR count). The van der Waals surface area contributed by atoms with Gasteiger partial charge in [0.25, 0.3) is 0 Å². The van der Waals surface area contributed by atoms with E-state index in [0.717, 1.165) is 10.6 Å². The standard InChI is InChI=1S/C16H15ClN6OS2/c1-3-8-23-14(11-6-4-5-7-12(11)17)20-22-16(23)25-9-13(24)18-15-21-19-10(2)26-15/h3-7H,1,8-9H2,2H3,(H,18,21,24). The first kappa shape index (κ1) is 18.6. The van der Waals surface area contributed by atoms with Crippen molar-refractivity contribution in [1.29, 1.82) is 0 Å². The highest BCUT2D eigenvalue weighted by Gasteiger charge is 2.17. The van der Waals surface area contributed by atoms with Crippen molar-refractivity contribution >= 4 is 45.7 Å². The zero-order chi connectivity index (χ0) is 18.5. The van der Waals surface area contributed by atoms with Gasteiger partial charge in [0.1, 0.15) is 5.01 Å². The van der Waals surface area contributed by atoms with E-state index in [2.05, 4.69) is 32.3 Å². The smallest absolute Gasteiger partial charge is 0.236 e. The average molecular weight is 407 g/mol. The van der Waals surface area contributed by atoms with Crippen molar-refractivity contribution in [3.63, 3.8) is 0 Å². The van der Waals surface area contributed by atoms with Crippen LogP contribution in [0.3, 0.4) is 0 Å². The van der Waals surface area contributed by atoms with Crippen LogP contribution in [0.1, 0.15) is 5.01 Å². The summed E-state index contributed by atoms with van der Waals surface area (Å²) in [6.07, 6.45) is 1.75. The van der Waals surface area contributed by atoms with Crippen LogP contribution in [-0.2, 0) is 11.3 Å². The van der Waals surface area contributed by atoms with E-state index in [1.165, 1.54) is 23.1 Å². The Morgan fingerprint density at radius 3 is 2.85 bits per heavy atom. The normalized spacial score (nSPS) is 10.7. The Morgan fingerprint density at radius 2 is 2.15 bits per heavy atom. The van der Waals surface area contributed by atoms with E-state index >= 15 is 0 Å². The summed E-state index contributed by atoms with van der Waals surface area (Å²) in [5.74, 6) is 0.632. The second kappa shape index (κ2) is 8.43. The Balaban J connectivity index is 1.74.